The fourth-order valence-electron chi connectivity index (χ4n) is 1.33. The number of rotatable bonds is 2. The van der Waals surface area contributed by atoms with Crippen LogP contribution in [-0.2, 0) is 9.47 Å². The molecule has 0 aromatic carbocycles. The molecule has 0 saturated carbocycles. The Morgan fingerprint density at radius 2 is 1.85 bits per heavy atom. The van der Waals surface area contributed by atoms with Gasteiger partial charge in [-0.15, -0.1) is 0 Å². The zero-order chi connectivity index (χ0) is 10.0. The lowest BCUT2D eigenvalue weighted by Crippen LogP contribution is -2.59. The van der Waals surface area contributed by atoms with E-state index in [0.29, 0.717) is 0 Å². The van der Waals surface area contributed by atoms with Crippen LogP contribution in [0.5, 0.6) is 0 Å². The smallest absolute Gasteiger partial charge is 0.184 e. The minimum absolute atomic E-state index is 0.467. The van der Waals surface area contributed by atoms with E-state index in [0.717, 1.165) is 0 Å². The maximum atomic E-state index is 9.38. The van der Waals surface area contributed by atoms with Crippen molar-refractivity contribution in [2.75, 3.05) is 13.7 Å². The number of ether oxygens (including phenoxy) is 2. The molecule has 0 aromatic heterocycles. The van der Waals surface area contributed by atoms with Gasteiger partial charge in [0.25, 0.3) is 0 Å². The molecule has 1 fully saturated rings. The van der Waals surface area contributed by atoms with Crippen LogP contribution in [0.1, 0.15) is 0 Å². The molecule has 1 rings (SSSR count). The van der Waals surface area contributed by atoms with Crippen molar-refractivity contribution < 1.29 is 29.9 Å². The molecule has 78 valence electrons. The van der Waals surface area contributed by atoms with Gasteiger partial charge < -0.3 is 29.9 Å². The largest absolute Gasteiger partial charge is 0.394 e. The molecule has 13 heavy (non-hydrogen) atoms. The van der Waals surface area contributed by atoms with Crippen LogP contribution >= 0.6 is 0 Å². The summed E-state index contributed by atoms with van der Waals surface area (Å²) in [6.07, 6.45) is -5.81. The Morgan fingerprint density at radius 1 is 1.23 bits per heavy atom. The first kappa shape index (κ1) is 10.8. The third kappa shape index (κ3) is 1.98. The molecular weight excluding hydrogens is 180 g/mol. The van der Waals surface area contributed by atoms with E-state index in [-0.39, 0.29) is 0 Å². The Balaban J connectivity index is 2.66. The maximum Gasteiger partial charge on any atom is 0.184 e. The Kier molecular flexibility index (Phi) is 3.60. The quantitative estimate of drug-likeness (QED) is 0.386. The molecule has 6 heteroatoms. The normalized spacial score (nSPS) is 46.4. The molecule has 4 N–H and O–H groups in total. The van der Waals surface area contributed by atoms with E-state index in [4.69, 9.17) is 14.6 Å². The predicted molar refractivity (Wildman–Crippen MR) is 40.8 cm³/mol. The average molecular weight is 194 g/mol. The summed E-state index contributed by atoms with van der Waals surface area (Å²) in [6.45, 7) is -0.467. The molecular formula is C7H14O6. The topological polar surface area (TPSA) is 99.4 Å². The average Bonchev–Trinajstić information content (AvgIpc) is 2.12. The van der Waals surface area contributed by atoms with E-state index in [9.17, 15) is 15.3 Å². The third-order valence-electron chi connectivity index (χ3n) is 2.11. The summed E-state index contributed by atoms with van der Waals surface area (Å²) in [7, 11) is 1.28. The first-order valence-corrected chi connectivity index (χ1v) is 3.95. The minimum atomic E-state index is -1.33. The minimum Gasteiger partial charge on any atom is -0.394 e. The van der Waals surface area contributed by atoms with Crippen LogP contribution in [0, 0.1) is 0 Å². The van der Waals surface area contributed by atoms with Gasteiger partial charge in [0, 0.05) is 7.11 Å². The van der Waals surface area contributed by atoms with Gasteiger partial charge in [0.15, 0.2) is 6.29 Å². The second-order valence-corrected chi connectivity index (χ2v) is 2.93. The van der Waals surface area contributed by atoms with Gasteiger partial charge in [-0.25, -0.2) is 0 Å². The van der Waals surface area contributed by atoms with E-state index in [1.54, 1.807) is 0 Å². The molecule has 1 saturated heterocycles. The summed E-state index contributed by atoms with van der Waals surface area (Å²) in [6, 6.07) is 0. The highest BCUT2D eigenvalue weighted by Crippen LogP contribution is 2.21. The van der Waals surface area contributed by atoms with Crippen LogP contribution in [-0.4, -0.2) is 64.8 Å². The molecule has 6 nitrogen and oxygen atoms in total. The first-order valence-electron chi connectivity index (χ1n) is 3.95. The monoisotopic (exact) mass is 194 g/mol. The van der Waals surface area contributed by atoms with Gasteiger partial charge in [-0.3, -0.25) is 0 Å². The number of hydrogen-bond acceptors (Lipinski definition) is 6. The Labute approximate surface area is 75.3 Å². The van der Waals surface area contributed by atoms with Crippen molar-refractivity contribution in [3.05, 3.63) is 0 Å². The fraction of sp³-hybridized carbons (Fsp3) is 1.00. The van der Waals surface area contributed by atoms with Crippen molar-refractivity contribution in [1.29, 1.82) is 0 Å². The van der Waals surface area contributed by atoms with Crippen LogP contribution in [0.3, 0.4) is 0 Å². The highest BCUT2D eigenvalue weighted by molar-refractivity contribution is 4.88. The van der Waals surface area contributed by atoms with Gasteiger partial charge in [-0.2, -0.15) is 0 Å². The summed E-state index contributed by atoms with van der Waals surface area (Å²) >= 11 is 0. The van der Waals surface area contributed by atoms with Gasteiger partial charge in [-0.05, 0) is 0 Å². The lowest BCUT2D eigenvalue weighted by Gasteiger charge is -2.39. The zero-order valence-corrected chi connectivity index (χ0v) is 7.20. The Bertz CT molecular complexity index is 163. The van der Waals surface area contributed by atoms with Crippen LogP contribution in [0.4, 0.5) is 0 Å². The Morgan fingerprint density at radius 3 is 2.31 bits per heavy atom. The molecule has 0 radical (unpaired) electrons. The van der Waals surface area contributed by atoms with E-state index in [1.165, 1.54) is 7.11 Å². The van der Waals surface area contributed by atoms with Crippen LogP contribution in [0.2, 0.25) is 0 Å². The summed E-state index contributed by atoms with van der Waals surface area (Å²) in [4.78, 5) is 0. The third-order valence-corrected chi connectivity index (χ3v) is 2.11. The zero-order valence-electron chi connectivity index (χ0n) is 7.20. The number of aliphatic hydroxyl groups is 4. The lowest BCUT2D eigenvalue weighted by molar-refractivity contribution is -0.291. The lowest BCUT2D eigenvalue weighted by atomic mass is 9.99. The second-order valence-electron chi connectivity index (χ2n) is 2.93. The number of aliphatic hydroxyl groups excluding tert-OH is 4. The summed E-state index contributed by atoms with van der Waals surface area (Å²) < 4.78 is 9.50. The highest BCUT2D eigenvalue weighted by atomic mass is 16.7. The maximum absolute atomic E-state index is 9.38. The molecule has 5 atom stereocenters. The van der Waals surface area contributed by atoms with Gasteiger partial charge in [-0.1, -0.05) is 0 Å². The summed E-state index contributed by atoms with van der Waals surface area (Å²) in [5, 5.41) is 36.7. The summed E-state index contributed by atoms with van der Waals surface area (Å²) in [5.74, 6) is 0. The molecule has 0 aliphatic carbocycles. The Hall–Kier alpha value is -0.240. The van der Waals surface area contributed by atoms with Crippen molar-refractivity contribution in [2.45, 2.75) is 30.7 Å². The molecule has 1 heterocycles. The van der Waals surface area contributed by atoms with Crippen molar-refractivity contribution in [2.24, 2.45) is 0 Å². The highest BCUT2D eigenvalue weighted by Gasteiger charge is 2.43. The number of methoxy groups -OCH3 is 1. The van der Waals surface area contributed by atoms with Crippen molar-refractivity contribution in [3.63, 3.8) is 0 Å². The van der Waals surface area contributed by atoms with E-state index in [2.05, 4.69) is 0 Å². The van der Waals surface area contributed by atoms with Crippen molar-refractivity contribution in [1.82, 2.24) is 0 Å². The van der Waals surface area contributed by atoms with Crippen LogP contribution in [0.15, 0.2) is 0 Å². The molecule has 0 amide bonds. The molecule has 0 unspecified atom stereocenters. The van der Waals surface area contributed by atoms with Crippen LogP contribution < -0.4 is 0 Å². The van der Waals surface area contributed by atoms with Crippen LogP contribution in [0.25, 0.3) is 0 Å². The standard InChI is InChI=1S/C7H14O6/c1-12-6-5(10)4(9)3(2-8)13-7(6)11/h3-11H,2H2,1H3/t3-,4-,5+,6+,7-/m1/s1. The van der Waals surface area contributed by atoms with Gasteiger partial charge in [0.1, 0.15) is 24.4 Å². The van der Waals surface area contributed by atoms with Crippen molar-refractivity contribution in [3.8, 4) is 0 Å². The second kappa shape index (κ2) is 4.32. The van der Waals surface area contributed by atoms with Crippen molar-refractivity contribution >= 4 is 0 Å². The predicted octanol–water partition coefficient (Wildman–Crippen LogP) is -2.57. The van der Waals surface area contributed by atoms with Gasteiger partial charge in [0.05, 0.1) is 6.61 Å². The number of hydrogen-bond donors (Lipinski definition) is 4. The SMILES string of the molecule is CO[C@H]1[C@@H](O)[C@H](O)[C@@H](CO)O[C@H]1O. The molecule has 1 aliphatic heterocycles. The van der Waals surface area contributed by atoms with E-state index < -0.39 is 37.3 Å². The summed E-state index contributed by atoms with van der Waals surface area (Å²) in [5.41, 5.74) is 0. The molecule has 1 aliphatic rings. The molecule has 0 bridgehead atoms. The molecule has 0 aromatic rings. The van der Waals surface area contributed by atoms with Gasteiger partial charge >= 0.3 is 0 Å². The van der Waals surface area contributed by atoms with Gasteiger partial charge in [0.2, 0.25) is 0 Å². The fourth-order valence-corrected chi connectivity index (χ4v) is 1.33. The van der Waals surface area contributed by atoms with E-state index in [1.807, 2.05) is 0 Å². The first-order chi connectivity index (χ1) is 6.11. The van der Waals surface area contributed by atoms with E-state index >= 15 is 0 Å². The molecule has 0 spiro atoms.